The molecule has 1 aromatic heterocycles. The normalized spacial score (nSPS) is 17.6. The van der Waals surface area contributed by atoms with Crippen LogP contribution in [0.1, 0.15) is 37.9 Å². The molecule has 4 heteroatoms. The third-order valence-corrected chi connectivity index (χ3v) is 3.40. The molecule has 2 N–H and O–H groups in total. The highest BCUT2D eigenvalue weighted by atomic mass is 16.3. The molecule has 0 unspecified atom stereocenters. The van der Waals surface area contributed by atoms with Crippen molar-refractivity contribution >= 4 is 5.82 Å². The van der Waals surface area contributed by atoms with E-state index >= 15 is 0 Å². The van der Waals surface area contributed by atoms with Crippen LogP contribution in [0, 0.1) is 0 Å². The van der Waals surface area contributed by atoms with Gasteiger partial charge in [0.15, 0.2) is 0 Å². The molecule has 94 valence electrons. The molecule has 1 aromatic rings. The van der Waals surface area contributed by atoms with Crippen molar-refractivity contribution in [2.24, 2.45) is 0 Å². The lowest BCUT2D eigenvalue weighted by Gasteiger charge is -2.38. The predicted molar refractivity (Wildman–Crippen MR) is 66.9 cm³/mol. The highest BCUT2D eigenvalue weighted by Crippen LogP contribution is 2.29. The zero-order valence-corrected chi connectivity index (χ0v) is 10.2. The predicted octanol–water partition coefficient (Wildman–Crippen LogP) is 1.49. The molecule has 1 saturated carbocycles. The van der Waals surface area contributed by atoms with Gasteiger partial charge >= 0.3 is 0 Å². The van der Waals surface area contributed by atoms with Gasteiger partial charge in [0.05, 0.1) is 12.7 Å². The third-order valence-electron chi connectivity index (χ3n) is 3.40. The van der Waals surface area contributed by atoms with E-state index in [4.69, 9.17) is 5.11 Å². The van der Waals surface area contributed by atoms with Crippen LogP contribution < -0.4 is 4.90 Å². The zero-order valence-electron chi connectivity index (χ0n) is 10.2. The van der Waals surface area contributed by atoms with Gasteiger partial charge in [0.2, 0.25) is 0 Å². The van der Waals surface area contributed by atoms with Crippen molar-refractivity contribution in [1.29, 1.82) is 0 Å². The van der Waals surface area contributed by atoms with Crippen LogP contribution in [0.5, 0.6) is 0 Å². The smallest absolute Gasteiger partial charge is 0.129 e. The summed E-state index contributed by atoms with van der Waals surface area (Å²) in [6.07, 6.45) is 4.83. The molecule has 2 rings (SSSR count). The third kappa shape index (κ3) is 2.76. The summed E-state index contributed by atoms with van der Waals surface area (Å²) >= 11 is 0. The number of anilines is 1. The quantitative estimate of drug-likeness (QED) is 0.813. The lowest BCUT2D eigenvalue weighted by atomic mass is 9.91. The Kier molecular flexibility index (Phi) is 3.97. The van der Waals surface area contributed by atoms with Crippen LogP contribution in [-0.4, -0.2) is 34.4 Å². The summed E-state index contributed by atoms with van der Waals surface area (Å²) in [6, 6.07) is 4.24. The summed E-state index contributed by atoms with van der Waals surface area (Å²) < 4.78 is 0. The molecule has 1 atom stereocenters. The van der Waals surface area contributed by atoms with E-state index in [1.165, 1.54) is 19.3 Å². The number of hydrogen-bond donors (Lipinski definition) is 2. The lowest BCUT2D eigenvalue weighted by Crippen LogP contribution is -2.42. The first-order valence-corrected chi connectivity index (χ1v) is 6.24. The molecule has 0 radical (unpaired) electrons. The van der Waals surface area contributed by atoms with Crippen LogP contribution >= 0.6 is 0 Å². The average Bonchev–Trinajstić information content (AvgIpc) is 2.26. The molecule has 0 aromatic carbocycles. The first-order chi connectivity index (χ1) is 8.22. The molecule has 1 aliphatic carbocycles. The zero-order chi connectivity index (χ0) is 12.3. The van der Waals surface area contributed by atoms with E-state index in [0.717, 1.165) is 11.4 Å². The minimum absolute atomic E-state index is 0.136. The summed E-state index contributed by atoms with van der Waals surface area (Å²) in [5.41, 5.74) is 0.872. The van der Waals surface area contributed by atoms with Gasteiger partial charge in [-0.3, -0.25) is 0 Å². The van der Waals surface area contributed by atoms with Crippen LogP contribution in [0.3, 0.4) is 0 Å². The van der Waals surface area contributed by atoms with Crippen LogP contribution in [0.25, 0.3) is 0 Å². The molecule has 0 saturated heterocycles. The molecule has 1 fully saturated rings. The van der Waals surface area contributed by atoms with Gasteiger partial charge in [-0.1, -0.05) is 0 Å². The summed E-state index contributed by atoms with van der Waals surface area (Å²) in [5.74, 6) is 0.863. The van der Waals surface area contributed by atoms with Crippen molar-refractivity contribution < 1.29 is 10.2 Å². The molecule has 0 spiro atoms. The maximum absolute atomic E-state index is 9.57. The summed E-state index contributed by atoms with van der Waals surface area (Å²) in [5, 5.41) is 18.7. The molecule has 0 bridgehead atoms. The molecular formula is C13H20N2O2. The summed E-state index contributed by atoms with van der Waals surface area (Å²) in [4.78, 5) is 6.50. The standard InChI is InChI=1S/C13H20N2O2/c1-10(17)11-5-6-14-13(9-11)15(7-8-16)12-3-2-4-12/h5-6,9-10,12,16-17H,2-4,7-8H2,1H3/t10-/m1/s1. The maximum atomic E-state index is 9.57. The number of aromatic nitrogens is 1. The minimum atomic E-state index is -0.478. The van der Waals surface area contributed by atoms with Crippen molar-refractivity contribution in [3.63, 3.8) is 0 Å². The maximum Gasteiger partial charge on any atom is 0.129 e. The fourth-order valence-corrected chi connectivity index (χ4v) is 2.14. The fourth-order valence-electron chi connectivity index (χ4n) is 2.14. The summed E-state index contributed by atoms with van der Waals surface area (Å²) in [6.45, 7) is 2.50. The van der Waals surface area contributed by atoms with Crippen molar-refractivity contribution in [2.75, 3.05) is 18.1 Å². The number of hydrogen-bond acceptors (Lipinski definition) is 4. The first kappa shape index (κ1) is 12.3. The van der Waals surface area contributed by atoms with Gasteiger partial charge < -0.3 is 15.1 Å². The molecule has 0 amide bonds. The van der Waals surface area contributed by atoms with Gasteiger partial charge in [0.1, 0.15) is 5.82 Å². The molecular weight excluding hydrogens is 216 g/mol. The molecule has 0 aliphatic heterocycles. The summed E-state index contributed by atoms with van der Waals surface area (Å²) in [7, 11) is 0. The highest BCUT2D eigenvalue weighted by molar-refractivity contribution is 5.43. The van der Waals surface area contributed by atoms with Crippen molar-refractivity contribution in [1.82, 2.24) is 4.98 Å². The first-order valence-electron chi connectivity index (χ1n) is 6.24. The largest absolute Gasteiger partial charge is 0.395 e. The lowest BCUT2D eigenvalue weighted by molar-refractivity contribution is 0.199. The van der Waals surface area contributed by atoms with E-state index in [1.807, 2.05) is 12.1 Å². The van der Waals surface area contributed by atoms with Gasteiger partial charge in [-0.05, 0) is 43.9 Å². The van der Waals surface area contributed by atoms with Crippen LogP contribution in [0.2, 0.25) is 0 Å². The Bertz CT molecular complexity index is 364. The van der Waals surface area contributed by atoms with Crippen molar-refractivity contribution in [2.45, 2.75) is 38.3 Å². The monoisotopic (exact) mass is 236 g/mol. The van der Waals surface area contributed by atoms with Crippen LogP contribution in [0.4, 0.5) is 5.82 Å². The topological polar surface area (TPSA) is 56.6 Å². The van der Waals surface area contributed by atoms with Gasteiger partial charge in [-0.2, -0.15) is 0 Å². The van der Waals surface area contributed by atoms with Gasteiger partial charge in [-0.15, -0.1) is 0 Å². The number of aliphatic hydroxyl groups excluding tert-OH is 2. The SMILES string of the molecule is C[C@@H](O)c1ccnc(N(CCO)C2CCC2)c1. The molecule has 1 aliphatic rings. The van der Waals surface area contributed by atoms with Gasteiger partial charge in [0, 0.05) is 18.8 Å². The number of pyridine rings is 1. The van der Waals surface area contributed by atoms with E-state index in [0.29, 0.717) is 12.6 Å². The number of aliphatic hydroxyl groups is 2. The van der Waals surface area contributed by atoms with E-state index < -0.39 is 6.10 Å². The molecule has 4 nitrogen and oxygen atoms in total. The Morgan fingerprint density at radius 2 is 2.29 bits per heavy atom. The number of rotatable bonds is 5. The Balaban J connectivity index is 2.19. The fraction of sp³-hybridized carbons (Fsp3) is 0.615. The number of nitrogens with zero attached hydrogens (tertiary/aromatic N) is 2. The van der Waals surface area contributed by atoms with E-state index in [2.05, 4.69) is 9.88 Å². The second kappa shape index (κ2) is 5.47. The van der Waals surface area contributed by atoms with E-state index in [1.54, 1.807) is 13.1 Å². The van der Waals surface area contributed by atoms with E-state index in [9.17, 15) is 5.11 Å². The van der Waals surface area contributed by atoms with Gasteiger partial charge in [-0.25, -0.2) is 4.98 Å². The average molecular weight is 236 g/mol. The Labute approximate surface area is 102 Å². The Morgan fingerprint density at radius 1 is 1.53 bits per heavy atom. The van der Waals surface area contributed by atoms with Crippen molar-refractivity contribution in [3.05, 3.63) is 23.9 Å². The molecule has 17 heavy (non-hydrogen) atoms. The Hall–Kier alpha value is -1.13. The molecule has 1 heterocycles. The minimum Gasteiger partial charge on any atom is -0.395 e. The second-order valence-electron chi connectivity index (χ2n) is 4.63. The van der Waals surface area contributed by atoms with Gasteiger partial charge in [0.25, 0.3) is 0 Å². The Morgan fingerprint density at radius 3 is 2.82 bits per heavy atom. The van der Waals surface area contributed by atoms with Crippen LogP contribution in [0.15, 0.2) is 18.3 Å². The van der Waals surface area contributed by atoms with E-state index in [-0.39, 0.29) is 6.61 Å². The highest BCUT2D eigenvalue weighted by Gasteiger charge is 2.25. The van der Waals surface area contributed by atoms with Crippen molar-refractivity contribution in [3.8, 4) is 0 Å². The second-order valence-corrected chi connectivity index (χ2v) is 4.63. The van der Waals surface area contributed by atoms with Crippen LogP contribution in [-0.2, 0) is 0 Å².